The molecule has 0 atom stereocenters. The highest BCUT2D eigenvalue weighted by atomic mass is 16.2. The number of benzene rings is 1. The van der Waals surface area contributed by atoms with Gasteiger partial charge in [-0.1, -0.05) is 32.0 Å². The van der Waals surface area contributed by atoms with Gasteiger partial charge in [-0.05, 0) is 55.7 Å². The van der Waals surface area contributed by atoms with E-state index in [0.717, 1.165) is 50.4 Å². The van der Waals surface area contributed by atoms with Gasteiger partial charge in [-0.15, -0.1) is 0 Å². The van der Waals surface area contributed by atoms with Crippen molar-refractivity contribution in [3.05, 3.63) is 35.4 Å². The molecule has 0 saturated carbocycles. The number of carbonyl (C=O) groups is 1. The van der Waals surface area contributed by atoms with E-state index in [0.29, 0.717) is 11.8 Å². The summed E-state index contributed by atoms with van der Waals surface area (Å²) >= 11 is 0. The number of carbonyl (C=O) groups excluding carboxylic acids is 1. The zero-order chi connectivity index (χ0) is 19.0. The lowest BCUT2D eigenvalue weighted by atomic mass is 9.94. The first-order chi connectivity index (χ1) is 13.0. The van der Waals surface area contributed by atoms with Crippen LogP contribution in [0.15, 0.2) is 24.3 Å². The Balaban J connectivity index is 1.53. The molecule has 0 N–H and O–H groups in total. The number of hydrogen-bond acceptors (Lipinski definition) is 3. The monoisotopic (exact) mass is 365 g/mol. The lowest BCUT2D eigenvalue weighted by molar-refractivity contribution is -0.135. The third-order valence-electron chi connectivity index (χ3n) is 6.27. The number of fused-ring (bicyclic) bond motifs is 1. The van der Waals surface area contributed by atoms with E-state index in [9.17, 15) is 4.79 Å². The van der Waals surface area contributed by atoms with Crippen molar-refractivity contribution in [2.24, 2.45) is 5.92 Å². The Morgan fingerprint density at radius 3 is 2.48 bits per heavy atom. The minimum absolute atomic E-state index is 0.201. The van der Waals surface area contributed by atoms with Crippen LogP contribution in [0.2, 0.25) is 0 Å². The molecule has 4 rings (SSSR count). The number of anilines is 1. The molecule has 144 valence electrons. The average molecular weight is 366 g/mol. The fraction of sp³-hybridized carbons (Fsp3) is 0.565. The summed E-state index contributed by atoms with van der Waals surface area (Å²) < 4.78 is 0. The van der Waals surface area contributed by atoms with Gasteiger partial charge in [0.2, 0.25) is 5.91 Å². The van der Waals surface area contributed by atoms with Crippen molar-refractivity contribution in [2.45, 2.75) is 52.4 Å². The summed E-state index contributed by atoms with van der Waals surface area (Å²) in [7, 11) is 0. The van der Waals surface area contributed by atoms with Crippen LogP contribution in [0.3, 0.4) is 0 Å². The first kappa shape index (κ1) is 18.3. The molecule has 0 radical (unpaired) electrons. The van der Waals surface area contributed by atoms with Gasteiger partial charge in [-0.25, -0.2) is 4.98 Å². The number of likely N-dealkylation sites (tertiary alicyclic amines) is 1. The number of para-hydroxylation sites is 1. The van der Waals surface area contributed by atoms with E-state index in [-0.39, 0.29) is 5.92 Å². The third kappa shape index (κ3) is 3.54. The van der Waals surface area contributed by atoms with Crippen LogP contribution in [0.5, 0.6) is 0 Å². The van der Waals surface area contributed by atoms with E-state index >= 15 is 0 Å². The maximum absolute atomic E-state index is 12.7. The van der Waals surface area contributed by atoms with E-state index in [2.05, 4.69) is 54.8 Å². The second-order valence-electron chi connectivity index (χ2n) is 8.49. The maximum Gasteiger partial charge on any atom is 0.225 e. The number of aryl methyl sites for hydroxylation is 1. The molecular formula is C23H31N3O. The highest BCUT2D eigenvalue weighted by Crippen LogP contribution is 2.31. The molecular weight excluding hydrogens is 334 g/mol. The van der Waals surface area contributed by atoms with Crippen molar-refractivity contribution in [1.29, 1.82) is 0 Å². The second-order valence-corrected chi connectivity index (χ2v) is 8.49. The van der Waals surface area contributed by atoms with E-state index in [1.807, 2.05) is 0 Å². The summed E-state index contributed by atoms with van der Waals surface area (Å²) in [5.41, 5.74) is 3.74. The maximum atomic E-state index is 12.7. The largest absolute Gasteiger partial charge is 0.357 e. The number of aromatic nitrogens is 1. The van der Waals surface area contributed by atoms with Crippen LogP contribution < -0.4 is 4.90 Å². The van der Waals surface area contributed by atoms with Crippen molar-refractivity contribution >= 4 is 22.6 Å². The van der Waals surface area contributed by atoms with Crippen molar-refractivity contribution in [3.63, 3.8) is 0 Å². The Labute approximate surface area is 162 Å². The summed E-state index contributed by atoms with van der Waals surface area (Å²) in [5, 5.41) is 1.25. The van der Waals surface area contributed by atoms with Gasteiger partial charge in [0.25, 0.3) is 0 Å². The van der Waals surface area contributed by atoms with Gasteiger partial charge in [-0.3, -0.25) is 4.79 Å². The molecule has 2 fully saturated rings. The molecule has 27 heavy (non-hydrogen) atoms. The fourth-order valence-electron chi connectivity index (χ4n) is 4.60. The van der Waals surface area contributed by atoms with Crippen molar-refractivity contribution in [1.82, 2.24) is 9.88 Å². The quantitative estimate of drug-likeness (QED) is 0.803. The van der Waals surface area contributed by atoms with Gasteiger partial charge >= 0.3 is 0 Å². The minimum Gasteiger partial charge on any atom is -0.357 e. The van der Waals surface area contributed by atoms with Crippen molar-refractivity contribution in [3.8, 4) is 0 Å². The first-order valence-electron chi connectivity index (χ1n) is 10.5. The summed E-state index contributed by atoms with van der Waals surface area (Å²) in [6.07, 6.45) is 4.23. The molecule has 0 spiro atoms. The summed E-state index contributed by atoms with van der Waals surface area (Å²) in [6, 6.07) is 8.73. The molecule has 4 nitrogen and oxygen atoms in total. The van der Waals surface area contributed by atoms with Gasteiger partial charge in [0.1, 0.15) is 5.82 Å². The summed E-state index contributed by atoms with van der Waals surface area (Å²) in [4.78, 5) is 22.2. The summed E-state index contributed by atoms with van der Waals surface area (Å²) in [5.74, 6) is 2.11. The summed E-state index contributed by atoms with van der Waals surface area (Å²) in [6.45, 7) is 10.4. The van der Waals surface area contributed by atoms with E-state index in [1.165, 1.54) is 29.4 Å². The van der Waals surface area contributed by atoms with Crippen molar-refractivity contribution < 1.29 is 4.79 Å². The number of rotatable bonds is 3. The Kier molecular flexibility index (Phi) is 5.07. The Hall–Kier alpha value is -2.10. The van der Waals surface area contributed by atoms with E-state index in [4.69, 9.17) is 4.98 Å². The van der Waals surface area contributed by atoms with E-state index < -0.39 is 0 Å². The molecule has 2 aromatic rings. The topological polar surface area (TPSA) is 36.4 Å². The zero-order valence-electron chi connectivity index (χ0n) is 16.9. The molecule has 1 aromatic carbocycles. The standard InChI is InChI=1S/C23H31N3O/c1-16(2)19-7-6-8-20-17(3)15-21(24-22(19)20)25-13-9-18(10-14-25)23(27)26-11-4-5-12-26/h6-8,15-16,18H,4-5,9-14H2,1-3H3. The molecule has 0 unspecified atom stereocenters. The average Bonchev–Trinajstić information content (AvgIpc) is 3.22. The Morgan fingerprint density at radius 2 is 1.81 bits per heavy atom. The molecule has 1 amide bonds. The number of amides is 1. The van der Waals surface area contributed by atoms with Crippen molar-refractivity contribution in [2.75, 3.05) is 31.1 Å². The minimum atomic E-state index is 0.201. The number of nitrogens with zero attached hydrogens (tertiary/aromatic N) is 3. The zero-order valence-corrected chi connectivity index (χ0v) is 16.9. The van der Waals surface area contributed by atoms with Crippen LogP contribution in [-0.4, -0.2) is 42.0 Å². The second kappa shape index (κ2) is 7.49. The highest BCUT2D eigenvalue weighted by molar-refractivity contribution is 5.87. The van der Waals surface area contributed by atoms with Gasteiger partial charge in [0.05, 0.1) is 5.52 Å². The number of hydrogen-bond donors (Lipinski definition) is 0. The molecule has 0 bridgehead atoms. The molecule has 2 saturated heterocycles. The number of pyridine rings is 1. The molecule has 4 heteroatoms. The van der Waals surface area contributed by atoms with Crippen LogP contribution in [0.1, 0.15) is 56.6 Å². The molecule has 2 aliphatic rings. The third-order valence-corrected chi connectivity index (χ3v) is 6.27. The predicted molar refractivity (Wildman–Crippen MR) is 111 cm³/mol. The van der Waals surface area contributed by atoms with Crippen LogP contribution in [0, 0.1) is 12.8 Å². The van der Waals surface area contributed by atoms with Crippen LogP contribution in [-0.2, 0) is 4.79 Å². The van der Waals surface area contributed by atoms with E-state index in [1.54, 1.807) is 0 Å². The van der Waals surface area contributed by atoms with Gasteiger partial charge in [0, 0.05) is 37.5 Å². The Morgan fingerprint density at radius 1 is 1.11 bits per heavy atom. The highest BCUT2D eigenvalue weighted by Gasteiger charge is 2.30. The van der Waals surface area contributed by atoms with Crippen LogP contribution >= 0.6 is 0 Å². The SMILES string of the molecule is Cc1cc(N2CCC(C(=O)N3CCCC3)CC2)nc2c(C(C)C)cccc12. The lowest BCUT2D eigenvalue weighted by Crippen LogP contribution is -2.42. The lowest BCUT2D eigenvalue weighted by Gasteiger charge is -2.34. The Bertz CT molecular complexity index is 831. The van der Waals surface area contributed by atoms with Crippen LogP contribution in [0.4, 0.5) is 5.82 Å². The number of piperidine rings is 1. The predicted octanol–water partition coefficient (Wildman–Crippen LogP) is 4.51. The molecule has 0 aliphatic carbocycles. The first-order valence-corrected chi connectivity index (χ1v) is 10.5. The smallest absolute Gasteiger partial charge is 0.225 e. The molecule has 2 aliphatic heterocycles. The van der Waals surface area contributed by atoms with Crippen LogP contribution in [0.25, 0.3) is 10.9 Å². The van der Waals surface area contributed by atoms with Gasteiger partial charge in [0.15, 0.2) is 0 Å². The normalized spacial score (nSPS) is 18.7. The molecule has 3 heterocycles. The fourth-order valence-corrected chi connectivity index (χ4v) is 4.60. The molecule has 1 aromatic heterocycles. The van der Waals surface area contributed by atoms with Gasteiger partial charge < -0.3 is 9.80 Å². The van der Waals surface area contributed by atoms with Gasteiger partial charge in [-0.2, -0.15) is 0 Å².